The van der Waals surface area contributed by atoms with Crippen molar-refractivity contribution in [3.05, 3.63) is 29.8 Å². The van der Waals surface area contributed by atoms with Gasteiger partial charge in [0.05, 0.1) is 12.2 Å². The highest BCUT2D eigenvalue weighted by molar-refractivity contribution is 5.68. The van der Waals surface area contributed by atoms with Crippen LogP contribution >= 0.6 is 0 Å². The van der Waals surface area contributed by atoms with Crippen LogP contribution in [-0.4, -0.2) is 12.5 Å². The number of para-hydroxylation sites is 1. The highest BCUT2D eigenvalue weighted by atomic mass is 16.7. The fraction of sp³-hybridized carbons (Fsp3) is 0.417. The van der Waals surface area contributed by atoms with Gasteiger partial charge in [-0.3, -0.25) is 4.79 Å². The zero-order valence-corrected chi connectivity index (χ0v) is 9.49. The van der Waals surface area contributed by atoms with E-state index in [0.717, 1.165) is 12.1 Å². The lowest BCUT2D eigenvalue weighted by Gasteiger charge is -2.22. The molecule has 0 spiro atoms. The molecular formula is C12H17NO2. The summed E-state index contributed by atoms with van der Waals surface area (Å²) in [6, 6.07) is 7.94. The molecule has 3 heteroatoms. The number of hydrogen-bond donors (Lipinski definition) is 0. The van der Waals surface area contributed by atoms with Crippen molar-refractivity contribution in [1.29, 1.82) is 0 Å². The summed E-state index contributed by atoms with van der Waals surface area (Å²) in [7, 11) is 0. The van der Waals surface area contributed by atoms with E-state index in [-0.39, 0.29) is 5.97 Å². The SMILES string of the molecule is CCc1ccccc1N(CC)OC(C)=O. The molecular weight excluding hydrogens is 190 g/mol. The van der Waals surface area contributed by atoms with Crippen molar-refractivity contribution in [2.75, 3.05) is 11.6 Å². The van der Waals surface area contributed by atoms with E-state index in [2.05, 4.69) is 6.92 Å². The van der Waals surface area contributed by atoms with Gasteiger partial charge in [0.1, 0.15) is 0 Å². The van der Waals surface area contributed by atoms with Gasteiger partial charge in [-0.15, -0.1) is 0 Å². The van der Waals surface area contributed by atoms with Gasteiger partial charge in [-0.1, -0.05) is 25.1 Å². The summed E-state index contributed by atoms with van der Waals surface area (Å²) in [4.78, 5) is 16.0. The second-order valence-electron chi connectivity index (χ2n) is 3.26. The van der Waals surface area contributed by atoms with Gasteiger partial charge in [0, 0.05) is 6.92 Å². The minimum Gasteiger partial charge on any atom is -0.341 e. The average Bonchev–Trinajstić information content (AvgIpc) is 2.25. The average molecular weight is 207 g/mol. The van der Waals surface area contributed by atoms with E-state index in [1.165, 1.54) is 12.5 Å². The van der Waals surface area contributed by atoms with Crippen LogP contribution in [0.3, 0.4) is 0 Å². The van der Waals surface area contributed by atoms with Crippen LogP contribution in [0.5, 0.6) is 0 Å². The molecule has 0 saturated heterocycles. The molecule has 0 radical (unpaired) electrons. The van der Waals surface area contributed by atoms with Crippen molar-refractivity contribution >= 4 is 11.7 Å². The molecule has 0 N–H and O–H groups in total. The smallest absolute Gasteiger partial charge is 0.329 e. The van der Waals surface area contributed by atoms with Crippen molar-refractivity contribution in [2.24, 2.45) is 0 Å². The van der Waals surface area contributed by atoms with E-state index in [4.69, 9.17) is 4.84 Å². The second-order valence-corrected chi connectivity index (χ2v) is 3.26. The molecule has 0 aliphatic carbocycles. The van der Waals surface area contributed by atoms with Crippen molar-refractivity contribution in [3.8, 4) is 0 Å². The molecule has 82 valence electrons. The number of carbonyl (C=O) groups excluding carboxylic acids is 1. The third-order valence-electron chi connectivity index (χ3n) is 2.17. The first-order valence-electron chi connectivity index (χ1n) is 5.23. The van der Waals surface area contributed by atoms with Crippen LogP contribution in [0.15, 0.2) is 24.3 Å². The summed E-state index contributed by atoms with van der Waals surface area (Å²) >= 11 is 0. The molecule has 0 amide bonds. The lowest BCUT2D eigenvalue weighted by molar-refractivity contribution is -0.142. The lowest BCUT2D eigenvalue weighted by Crippen LogP contribution is -2.26. The number of hydroxylamine groups is 1. The third-order valence-corrected chi connectivity index (χ3v) is 2.17. The molecule has 1 aromatic rings. The minimum absolute atomic E-state index is 0.289. The van der Waals surface area contributed by atoms with Gasteiger partial charge >= 0.3 is 5.97 Å². The highest BCUT2D eigenvalue weighted by Gasteiger charge is 2.10. The Morgan fingerprint density at radius 3 is 2.53 bits per heavy atom. The van der Waals surface area contributed by atoms with E-state index < -0.39 is 0 Å². The van der Waals surface area contributed by atoms with Crippen LogP contribution in [0.2, 0.25) is 0 Å². The number of carbonyl (C=O) groups is 1. The molecule has 0 fully saturated rings. The standard InChI is InChI=1S/C12H17NO2/c1-4-11-8-6-7-9-12(11)13(5-2)15-10(3)14/h6-9H,4-5H2,1-3H3. The number of aryl methyl sites for hydroxylation is 1. The van der Waals surface area contributed by atoms with Gasteiger partial charge in [0.25, 0.3) is 0 Å². The molecule has 0 bridgehead atoms. The predicted molar refractivity (Wildman–Crippen MR) is 60.6 cm³/mol. The summed E-state index contributed by atoms with van der Waals surface area (Å²) in [6.45, 7) is 6.10. The Balaban J connectivity index is 2.95. The molecule has 3 nitrogen and oxygen atoms in total. The zero-order valence-electron chi connectivity index (χ0n) is 9.49. The molecule has 0 aliphatic rings. The summed E-state index contributed by atoms with van der Waals surface area (Å²) in [5.41, 5.74) is 2.15. The molecule has 0 aliphatic heterocycles. The van der Waals surface area contributed by atoms with Crippen LogP contribution in [0, 0.1) is 0 Å². The second kappa shape index (κ2) is 5.39. The summed E-state index contributed by atoms with van der Waals surface area (Å²) < 4.78 is 0. The number of rotatable bonds is 4. The summed E-state index contributed by atoms with van der Waals surface area (Å²) in [6.07, 6.45) is 0.925. The molecule has 0 heterocycles. The monoisotopic (exact) mass is 207 g/mol. The van der Waals surface area contributed by atoms with Gasteiger partial charge in [0.15, 0.2) is 0 Å². The molecule has 0 unspecified atom stereocenters. The van der Waals surface area contributed by atoms with E-state index >= 15 is 0 Å². The Bertz CT molecular complexity index is 336. The van der Waals surface area contributed by atoms with E-state index in [9.17, 15) is 4.79 Å². The van der Waals surface area contributed by atoms with Crippen LogP contribution in [0.4, 0.5) is 5.69 Å². The Labute approximate surface area is 90.6 Å². The zero-order chi connectivity index (χ0) is 11.3. The molecule has 0 saturated carbocycles. The largest absolute Gasteiger partial charge is 0.341 e. The number of nitrogens with zero attached hydrogens (tertiary/aromatic N) is 1. The Morgan fingerprint density at radius 1 is 1.33 bits per heavy atom. The van der Waals surface area contributed by atoms with Gasteiger partial charge in [-0.25, -0.2) is 5.06 Å². The number of hydrogen-bond acceptors (Lipinski definition) is 3. The third kappa shape index (κ3) is 2.98. The van der Waals surface area contributed by atoms with Crippen LogP contribution < -0.4 is 5.06 Å². The maximum absolute atomic E-state index is 10.9. The van der Waals surface area contributed by atoms with Crippen molar-refractivity contribution in [2.45, 2.75) is 27.2 Å². The fourth-order valence-electron chi connectivity index (χ4n) is 1.49. The van der Waals surface area contributed by atoms with Gasteiger partial charge in [-0.2, -0.15) is 0 Å². The van der Waals surface area contributed by atoms with E-state index in [0.29, 0.717) is 6.54 Å². The van der Waals surface area contributed by atoms with Gasteiger partial charge < -0.3 is 4.84 Å². The quantitative estimate of drug-likeness (QED) is 0.711. The topological polar surface area (TPSA) is 29.5 Å². The Kier molecular flexibility index (Phi) is 4.16. The van der Waals surface area contributed by atoms with Crippen molar-refractivity contribution < 1.29 is 9.63 Å². The molecule has 0 aromatic heterocycles. The number of anilines is 1. The molecule has 1 rings (SSSR count). The summed E-state index contributed by atoms with van der Waals surface area (Å²) in [5.74, 6) is -0.289. The van der Waals surface area contributed by atoms with Gasteiger partial charge in [-0.05, 0) is 25.0 Å². The maximum Gasteiger partial charge on any atom is 0.329 e. The normalized spacial score (nSPS) is 9.80. The highest BCUT2D eigenvalue weighted by Crippen LogP contribution is 2.20. The minimum atomic E-state index is -0.289. The molecule has 1 aromatic carbocycles. The maximum atomic E-state index is 10.9. The van der Waals surface area contributed by atoms with Crippen molar-refractivity contribution in [3.63, 3.8) is 0 Å². The molecule has 0 atom stereocenters. The van der Waals surface area contributed by atoms with E-state index in [1.807, 2.05) is 31.2 Å². The van der Waals surface area contributed by atoms with Crippen LogP contribution in [0.25, 0.3) is 0 Å². The molecule has 15 heavy (non-hydrogen) atoms. The first-order valence-corrected chi connectivity index (χ1v) is 5.23. The van der Waals surface area contributed by atoms with E-state index in [1.54, 1.807) is 5.06 Å². The Hall–Kier alpha value is -1.51. The predicted octanol–water partition coefficient (Wildman–Crippen LogP) is 2.55. The van der Waals surface area contributed by atoms with Crippen LogP contribution in [0.1, 0.15) is 26.3 Å². The van der Waals surface area contributed by atoms with Crippen molar-refractivity contribution in [1.82, 2.24) is 0 Å². The Morgan fingerprint density at radius 2 is 2.00 bits per heavy atom. The lowest BCUT2D eigenvalue weighted by atomic mass is 10.1. The number of benzene rings is 1. The first-order chi connectivity index (χ1) is 7.19. The first kappa shape index (κ1) is 11.6. The van der Waals surface area contributed by atoms with Gasteiger partial charge in [0.2, 0.25) is 0 Å². The van der Waals surface area contributed by atoms with Crippen LogP contribution in [-0.2, 0) is 16.1 Å². The summed E-state index contributed by atoms with van der Waals surface area (Å²) in [5, 5.41) is 1.63. The fourth-order valence-corrected chi connectivity index (χ4v) is 1.49.